The third-order valence-electron chi connectivity index (χ3n) is 8.84. The summed E-state index contributed by atoms with van der Waals surface area (Å²) in [5, 5.41) is 15.5. The van der Waals surface area contributed by atoms with Crippen molar-refractivity contribution in [3.05, 3.63) is 76.7 Å². The largest absolute Gasteiger partial charge is 0.491 e. The van der Waals surface area contributed by atoms with E-state index in [1.807, 2.05) is 60.7 Å². The second-order valence-electron chi connectivity index (χ2n) is 14.8. The summed E-state index contributed by atoms with van der Waals surface area (Å²) in [4.78, 5) is 64.9. The first-order chi connectivity index (χ1) is 30.3. The summed E-state index contributed by atoms with van der Waals surface area (Å²) in [5.74, 6) is -1.10. The number of hydrogen-bond donors (Lipinski definition) is 5. The topological polar surface area (TPSA) is 273 Å². The van der Waals surface area contributed by atoms with E-state index in [1.54, 1.807) is 20.8 Å². The van der Waals surface area contributed by atoms with Crippen LogP contribution in [0.15, 0.2) is 65.8 Å². The van der Waals surface area contributed by atoms with Gasteiger partial charge in [-0.1, -0.05) is 59.7 Å². The number of methoxy groups -OCH3 is 1. The highest BCUT2D eigenvalue weighted by Gasteiger charge is 2.26. The van der Waals surface area contributed by atoms with Crippen LogP contribution < -0.4 is 31.7 Å². The van der Waals surface area contributed by atoms with Crippen molar-refractivity contribution in [3.63, 3.8) is 0 Å². The molecule has 0 fully saturated rings. The Balaban J connectivity index is 1.55. The Morgan fingerprint density at radius 3 is 2.00 bits per heavy atom. The number of carbonyl (C=O) groups is 5. The van der Waals surface area contributed by atoms with Gasteiger partial charge in [0.05, 0.1) is 79.0 Å². The van der Waals surface area contributed by atoms with Crippen molar-refractivity contribution in [2.45, 2.75) is 57.7 Å². The number of carbonyl (C=O) groups excluding carboxylic acids is 5. The minimum atomic E-state index is -1.08. The van der Waals surface area contributed by atoms with Gasteiger partial charge in [0.15, 0.2) is 0 Å². The first-order valence-electron chi connectivity index (χ1n) is 20.5. The lowest BCUT2D eigenvalue weighted by molar-refractivity contribution is -0.141. The van der Waals surface area contributed by atoms with Crippen molar-refractivity contribution in [1.82, 2.24) is 21.3 Å². The molecule has 2 atom stereocenters. The van der Waals surface area contributed by atoms with E-state index in [0.29, 0.717) is 83.7 Å². The fourth-order valence-corrected chi connectivity index (χ4v) is 5.94. The number of nitrogens with two attached hydrogens (primary N) is 1. The zero-order valence-corrected chi connectivity index (χ0v) is 36.4. The number of ether oxygens (including phenoxy) is 7. The molecule has 0 aliphatic heterocycles. The monoisotopic (exact) mass is 880 g/mol. The number of urea groups is 1. The first kappa shape index (κ1) is 51.2. The van der Waals surface area contributed by atoms with Crippen LogP contribution in [0.2, 0.25) is 0 Å². The van der Waals surface area contributed by atoms with E-state index in [2.05, 4.69) is 31.3 Å². The van der Waals surface area contributed by atoms with Crippen LogP contribution in [0.1, 0.15) is 51.6 Å². The molecule has 0 aliphatic rings. The fourth-order valence-electron chi connectivity index (χ4n) is 5.94. The number of alkyl carbamates (subject to hydrolysis) is 1. The van der Waals surface area contributed by atoms with Crippen LogP contribution in [0.25, 0.3) is 32.3 Å². The molecule has 20 nitrogen and oxygen atoms in total. The van der Waals surface area contributed by atoms with E-state index < -0.39 is 54.1 Å². The lowest BCUT2D eigenvalue weighted by Gasteiger charge is -2.23. The number of esters is 1. The van der Waals surface area contributed by atoms with E-state index in [4.69, 9.17) is 44.4 Å². The van der Waals surface area contributed by atoms with Crippen LogP contribution in [0, 0.1) is 0 Å². The summed E-state index contributed by atoms with van der Waals surface area (Å²) < 4.78 is 38.2. The molecular weight excluding hydrogens is 821 g/mol. The van der Waals surface area contributed by atoms with Gasteiger partial charge in [0.25, 0.3) is 0 Å². The SMILES string of the molecule is COC(=O)CC(NC(=O)CNC(=O)[C@H](CCCNC(N)=O)NC(=O)OC(C)(C)C)c1ccc(-c2ccc(OCCOCCOCCOCCOCCN=[N+]=[N-])c3ccccc23)cc1. The van der Waals surface area contributed by atoms with E-state index in [0.717, 1.165) is 21.9 Å². The normalized spacial score (nSPS) is 12.0. The zero-order chi connectivity index (χ0) is 45.9. The molecule has 1 unspecified atom stereocenters. The van der Waals surface area contributed by atoms with Crippen LogP contribution >= 0.6 is 0 Å². The molecule has 0 radical (unpaired) electrons. The van der Waals surface area contributed by atoms with Gasteiger partial charge in [-0.3, -0.25) is 14.4 Å². The molecule has 0 saturated heterocycles. The van der Waals surface area contributed by atoms with E-state index in [9.17, 15) is 24.0 Å². The van der Waals surface area contributed by atoms with Gasteiger partial charge >= 0.3 is 18.1 Å². The Morgan fingerprint density at radius 1 is 0.778 bits per heavy atom. The molecule has 0 heterocycles. The summed E-state index contributed by atoms with van der Waals surface area (Å²) in [5.41, 5.74) is 15.0. The average Bonchev–Trinajstić information content (AvgIpc) is 3.25. The van der Waals surface area contributed by atoms with Gasteiger partial charge in [-0.05, 0) is 67.3 Å². The molecule has 20 heteroatoms. The van der Waals surface area contributed by atoms with Crippen LogP contribution in [0.4, 0.5) is 9.59 Å². The number of primary amides is 1. The number of fused-ring (bicyclic) bond motifs is 1. The standard InChI is InChI=1S/C43H60N8O12/c1-43(2,3)63-42(56)50-35(10-7-17-46-41(44)55)40(54)47-29-38(52)49-36(28-39(53)57-4)31-13-11-30(12-14-31)32-15-16-37(34-9-6-5-8-33(32)34)62-27-26-61-25-24-60-23-22-59-21-20-58-19-18-48-51-45/h5-6,8-9,11-16,35-36H,7,10,17-29H2,1-4H3,(H,47,54)(H,49,52)(H,50,56)(H3,44,46,55)/t35-,36?/m0/s1. The third-order valence-corrected chi connectivity index (χ3v) is 8.84. The van der Waals surface area contributed by atoms with Crippen LogP contribution in [-0.2, 0) is 42.8 Å². The van der Waals surface area contributed by atoms with Gasteiger partial charge in [-0.25, -0.2) is 9.59 Å². The Morgan fingerprint density at radius 2 is 1.40 bits per heavy atom. The maximum absolute atomic E-state index is 13.2. The highest BCUT2D eigenvalue weighted by atomic mass is 16.6. The smallest absolute Gasteiger partial charge is 0.408 e. The second-order valence-corrected chi connectivity index (χ2v) is 14.8. The number of hydrogen-bond acceptors (Lipinski definition) is 13. The summed E-state index contributed by atoms with van der Waals surface area (Å²) in [6.45, 7) is 8.58. The van der Waals surface area contributed by atoms with E-state index in [-0.39, 0.29) is 19.4 Å². The fraction of sp³-hybridized carbons (Fsp3) is 0.512. The maximum atomic E-state index is 13.2. The predicted octanol–water partition coefficient (Wildman–Crippen LogP) is 4.44. The third kappa shape index (κ3) is 20.5. The predicted molar refractivity (Wildman–Crippen MR) is 233 cm³/mol. The second kappa shape index (κ2) is 28.4. The van der Waals surface area contributed by atoms with Crippen molar-refractivity contribution >= 4 is 40.7 Å². The van der Waals surface area contributed by atoms with E-state index in [1.165, 1.54) is 7.11 Å². The van der Waals surface area contributed by atoms with Gasteiger partial charge in [0, 0.05) is 23.4 Å². The lowest BCUT2D eigenvalue weighted by Crippen LogP contribution is -2.50. The Kier molecular flexibility index (Phi) is 23.1. The summed E-state index contributed by atoms with van der Waals surface area (Å²) in [7, 11) is 1.25. The molecule has 0 bridgehead atoms. The molecule has 0 aromatic heterocycles. The van der Waals surface area contributed by atoms with Gasteiger partial charge in [-0.15, -0.1) is 0 Å². The number of amides is 5. The van der Waals surface area contributed by atoms with Crippen molar-refractivity contribution in [1.29, 1.82) is 0 Å². The molecular formula is C43H60N8O12. The molecule has 5 amide bonds. The molecule has 0 spiro atoms. The molecule has 63 heavy (non-hydrogen) atoms. The number of nitrogens with one attached hydrogen (secondary N) is 4. The van der Waals surface area contributed by atoms with Crippen LogP contribution in [0.3, 0.4) is 0 Å². The number of nitrogens with zero attached hydrogens (tertiary/aromatic N) is 3. The highest BCUT2D eigenvalue weighted by molar-refractivity contribution is 6.00. The quantitative estimate of drug-likeness (QED) is 0.0213. The van der Waals surface area contributed by atoms with Gasteiger partial charge in [-0.2, -0.15) is 0 Å². The number of rotatable bonds is 29. The van der Waals surface area contributed by atoms with Crippen molar-refractivity contribution in [2.24, 2.45) is 10.8 Å². The molecule has 6 N–H and O–H groups in total. The molecule has 3 aromatic carbocycles. The summed E-state index contributed by atoms with van der Waals surface area (Å²) >= 11 is 0. The average molecular weight is 881 g/mol. The van der Waals surface area contributed by atoms with Gasteiger partial charge in [0.2, 0.25) is 11.8 Å². The van der Waals surface area contributed by atoms with E-state index >= 15 is 0 Å². The van der Waals surface area contributed by atoms with Crippen molar-refractivity contribution in [2.75, 3.05) is 86.2 Å². The Bertz CT molecular complexity index is 1950. The van der Waals surface area contributed by atoms with Crippen LogP contribution in [0.5, 0.6) is 5.75 Å². The van der Waals surface area contributed by atoms with Crippen LogP contribution in [-0.4, -0.2) is 128 Å². The number of benzene rings is 3. The Hall–Kier alpha value is -6.18. The van der Waals surface area contributed by atoms with Gasteiger partial charge < -0.3 is 60.2 Å². The molecule has 3 rings (SSSR count). The number of azide groups is 1. The summed E-state index contributed by atoms with van der Waals surface area (Å²) in [6, 6.07) is 16.5. The lowest BCUT2D eigenvalue weighted by atomic mass is 9.95. The first-order valence-corrected chi connectivity index (χ1v) is 20.5. The maximum Gasteiger partial charge on any atom is 0.408 e. The summed E-state index contributed by atoms with van der Waals surface area (Å²) in [6.07, 6.45) is -0.592. The van der Waals surface area contributed by atoms with Crippen molar-refractivity contribution < 1.29 is 57.1 Å². The zero-order valence-electron chi connectivity index (χ0n) is 36.4. The van der Waals surface area contributed by atoms with Gasteiger partial charge in [0.1, 0.15) is 24.0 Å². The Labute approximate surface area is 366 Å². The van der Waals surface area contributed by atoms with Crippen molar-refractivity contribution in [3.8, 4) is 16.9 Å². The molecule has 3 aromatic rings. The minimum absolute atomic E-state index is 0.113. The molecule has 0 saturated carbocycles. The molecule has 344 valence electrons. The highest BCUT2D eigenvalue weighted by Crippen LogP contribution is 2.35. The molecule has 0 aliphatic carbocycles. The minimum Gasteiger partial charge on any atom is -0.491 e.